The third-order valence-electron chi connectivity index (χ3n) is 6.53. The molecule has 0 spiro atoms. The largest absolute Gasteiger partial charge is 0.379 e. The molecule has 172 valence electrons. The van der Waals surface area contributed by atoms with Gasteiger partial charge in [-0.15, -0.1) is 0 Å². The van der Waals surface area contributed by atoms with E-state index in [0.717, 1.165) is 30.5 Å². The first-order valence-corrected chi connectivity index (χ1v) is 11.1. The Morgan fingerprint density at radius 3 is 2.69 bits per heavy atom. The second-order valence-corrected chi connectivity index (χ2v) is 8.56. The summed E-state index contributed by atoms with van der Waals surface area (Å²) >= 11 is 0. The number of aliphatic imine (C=N–C) groups is 1. The molecule has 1 aliphatic rings. The number of amides is 1. The summed E-state index contributed by atoms with van der Waals surface area (Å²) < 4.78 is 14.8. The van der Waals surface area contributed by atoms with E-state index in [1.54, 1.807) is 18.3 Å². The summed E-state index contributed by atoms with van der Waals surface area (Å²) in [5.41, 5.74) is 14.6. The third kappa shape index (κ3) is 5.24. The van der Waals surface area contributed by atoms with Crippen LogP contribution in [0.1, 0.15) is 50.4 Å². The van der Waals surface area contributed by atoms with E-state index in [2.05, 4.69) is 22.2 Å². The summed E-state index contributed by atoms with van der Waals surface area (Å²) in [7, 11) is 0. The average molecular weight is 441 g/mol. The molecule has 1 atom stereocenters. The molecule has 32 heavy (non-hydrogen) atoms. The Morgan fingerprint density at radius 1 is 1.34 bits per heavy atom. The maximum Gasteiger partial charge on any atom is 0.290 e. The van der Waals surface area contributed by atoms with Crippen molar-refractivity contribution in [3.8, 4) is 0 Å². The molecule has 2 heterocycles. The van der Waals surface area contributed by atoms with Crippen LogP contribution in [0.25, 0.3) is 0 Å². The number of nitrogens with one attached hydrogen (secondary N) is 1. The number of amidine groups is 1. The topological polar surface area (TPSA) is 110 Å². The van der Waals surface area contributed by atoms with Crippen LogP contribution in [-0.2, 0) is 4.79 Å². The van der Waals surface area contributed by atoms with Crippen LogP contribution >= 0.6 is 0 Å². The molecule has 1 aromatic heterocycles. The van der Waals surface area contributed by atoms with Gasteiger partial charge >= 0.3 is 0 Å². The molecule has 0 aliphatic carbocycles. The maximum atomic E-state index is 14.8. The number of pyridine rings is 1. The van der Waals surface area contributed by atoms with Crippen molar-refractivity contribution in [1.82, 2.24) is 4.98 Å². The normalized spacial score (nSPS) is 17.2. The van der Waals surface area contributed by atoms with Gasteiger partial charge in [0.25, 0.3) is 5.91 Å². The van der Waals surface area contributed by atoms with Crippen LogP contribution in [0.4, 0.5) is 15.8 Å². The molecular formula is C24H33FN6O. The van der Waals surface area contributed by atoms with E-state index in [1.165, 1.54) is 6.07 Å². The maximum absolute atomic E-state index is 14.8. The van der Waals surface area contributed by atoms with E-state index in [0.29, 0.717) is 31.0 Å². The fourth-order valence-electron chi connectivity index (χ4n) is 4.20. The van der Waals surface area contributed by atoms with Gasteiger partial charge in [0.15, 0.2) is 5.84 Å². The SMILES string of the molecule is CCC1(CN)CCN(c2c(F)cccc2NC(=O)C(N)=NC(C)c2ccnc(C)c2)CC1. The predicted octanol–water partition coefficient (Wildman–Crippen LogP) is 3.54. The van der Waals surface area contributed by atoms with Gasteiger partial charge in [0.05, 0.1) is 17.4 Å². The van der Waals surface area contributed by atoms with Gasteiger partial charge < -0.3 is 21.7 Å². The van der Waals surface area contributed by atoms with Crippen LogP contribution in [0.3, 0.4) is 0 Å². The highest BCUT2D eigenvalue weighted by molar-refractivity contribution is 6.41. The molecular weight excluding hydrogens is 407 g/mol. The van der Waals surface area contributed by atoms with Crippen LogP contribution in [0.15, 0.2) is 41.5 Å². The van der Waals surface area contributed by atoms with Gasteiger partial charge in [-0.3, -0.25) is 14.8 Å². The number of hydrogen-bond donors (Lipinski definition) is 3. The van der Waals surface area contributed by atoms with E-state index >= 15 is 0 Å². The number of halogens is 1. The van der Waals surface area contributed by atoms with Gasteiger partial charge in [0, 0.05) is 25.0 Å². The van der Waals surface area contributed by atoms with E-state index in [-0.39, 0.29) is 23.1 Å². The molecule has 0 bridgehead atoms. The molecule has 1 fully saturated rings. The molecule has 8 heteroatoms. The monoisotopic (exact) mass is 440 g/mol. The van der Waals surface area contributed by atoms with E-state index in [1.807, 2.05) is 30.9 Å². The van der Waals surface area contributed by atoms with E-state index in [4.69, 9.17) is 11.5 Å². The molecule has 7 nitrogen and oxygen atoms in total. The van der Waals surface area contributed by atoms with Crippen molar-refractivity contribution in [2.24, 2.45) is 21.9 Å². The lowest BCUT2D eigenvalue weighted by Gasteiger charge is -2.42. The summed E-state index contributed by atoms with van der Waals surface area (Å²) in [6.07, 6.45) is 4.46. The van der Waals surface area contributed by atoms with Crippen LogP contribution in [0.5, 0.6) is 0 Å². The zero-order chi connectivity index (χ0) is 23.3. The Labute approximate surface area is 189 Å². The van der Waals surface area contributed by atoms with Gasteiger partial charge in [0.2, 0.25) is 0 Å². The van der Waals surface area contributed by atoms with Gasteiger partial charge in [-0.25, -0.2) is 4.39 Å². The Morgan fingerprint density at radius 2 is 2.06 bits per heavy atom. The van der Waals surface area contributed by atoms with Crippen LogP contribution < -0.4 is 21.7 Å². The van der Waals surface area contributed by atoms with E-state index < -0.39 is 5.91 Å². The molecule has 1 amide bonds. The number of piperidine rings is 1. The van der Waals surface area contributed by atoms with Gasteiger partial charge in [-0.1, -0.05) is 13.0 Å². The highest BCUT2D eigenvalue weighted by Crippen LogP contribution is 2.38. The van der Waals surface area contributed by atoms with Crippen molar-refractivity contribution in [3.05, 3.63) is 53.6 Å². The lowest BCUT2D eigenvalue weighted by Crippen LogP contribution is -2.44. The number of carbonyl (C=O) groups excluding carboxylic acids is 1. The number of benzene rings is 1. The molecule has 1 aliphatic heterocycles. The second-order valence-electron chi connectivity index (χ2n) is 8.56. The van der Waals surface area contributed by atoms with Gasteiger partial charge in [-0.2, -0.15) is 0 Å². The highest BCUT2D eigenvalue weighted by atomic mass is 19.1. The molecule has 3 rings (SSSR count). The standard InChI is InChI=1S/C24H33FN6O/c1-4-24(15-26)9-12-31(13-10-24)21-19(25)6-5-7-20(21)30-23(32)22(27)29-17(3)18-8-11-28-16(2)14-18/h5-8,11,14,17H,4,9-10,12-13,15,26H2,1-3H3,(H2,27,29)(H,30,32). The number of nitrogens with two attached hydrogens (primary N) is 2. The van der Waals surface area contributed by atoms with E-state index in [9.17, 15) is 9.18 Å². The van der Waals surface area contributed by atoms with Crippen LogP contribution in [0.2, 0.25) is 0 Å². The Balaban J connectivity index is 1.76. The fourth-order valence-corrected chi connectivity index (χ4v) is 4.20. The first kappa shape index (κ1) is 23.7. The number of anilines is 2. The van der Waals surface area contributed by atoms with Crippen molar-refractivity contribution >= 4 is 23.1 Å². The summed E-state index contributed by atoms with van der Waals surface area (Å²) in [6, 6.07) is 8.09. The minimum atomic E-state index is -0.559. The summed E-state index contributed by atoms with van der Waals surface area (Å²) in [5, 5.41) is 2.75. The first-order chi connectivity index (χ1) is 15.3. The predicted molar refractivity (Wildman–Crippen MR) is 127 cm³/mol. The van der Waals surface area contributed by atoms with Gasteiger partial charge in [-0.05, 0) is 74.9 Å². The average Bonchev–Trinajstić information content (AvgIpc) is 2.79. The summed E-state index contributed by atoms with van der Waals surface area (Å²) in [6.45, 7) is 7.87. The highest BCUT2D eigenvalue weighted by Gasteiger charge is 2.33. The summed E-state index contributed by atoms with van der Waals surface area (Å²) in [5.74, 6) is -1.10. The molecule has 0 saturated carbocycles. The van der Waals surface area contributed by atoms with Crippen molar-refractivity contribution < 1.29 is 9.18 Å². The van der Waals surface area contributed by atoms with Gasteiger partial charge in [0.1, 0.15) is 5.82 Å². The van der Waals surface area contributed by atoms with Crippen molar-refractivity contribution in [1.29, 1.82) is 0 Å². The number of aromatic nitrogens is 1. The van der Waals surface area contributed by atoms with Crippen molar-refractivity contribution in [2.45, 2.75) is 46.1 Å². The molecule has 1 unspecified atom stereocenters. The van der Waals surface area contributed by atoms with Crippen molar-refractivity contribution in [2.75, 3.05) is 29.9 Å². The first-order valence-electron chi connectivity index (χ1n) is 11.1. The zero-order valence-electron chi connectivity index (χ0n) is 19.1. The van der Waals surface area contributed by atoms with Crippen LogP contribution in [0, 0.1) is 18.2 Å². The quantitative estimate of drug-likeness (QED) is 0.470. The third-order valence-corrected chi connectivity index (χ3v) is 6.53. The summed E-state index contributed by atoms with van der Waals surface area (Å²) in [4.78, 5) is 23.2. The van der Waals surface area contributed by atoms with Crippen molar-refractivity contribution in [3.63, 3.8) is 0 Å². The Bertz CT molecular complexity index is 978. The number of rotatable bonds is 6. The number of hydrogen-bond acceptors (Lipinski definition) is 5. The lowest BCUT2D eigenvalue weighted by molar-refractivity contribution is -0.110. The molecule has 0 radical (unpaired) electrons. The molecule has 2 aromatic rings. The number of carbonyl (C=O) groups is 1. The minimum Gasteiger partial charge on any atom is -0.379 e. The smallest absolute Gasteiger partial charge is 0.290 e. The Kier molecular flexibility index (Phi) is 7.45. The molecule has 1 aromatic carbocycles. The number of aryl methyl sites for hydroxylation is 1. The number of para-hydroxylation sites is 1. The molecule has 5 N–H and O–H groups in total. The lowest BCUT2D eigenvalue weighted by atomic mass is 9.76. The Hall–Kier alpha value is -3.00. The second kappa shape index (κ2) is 10.1. The number of nitrogens with zero attached hydrogens (tertiary/aromatic N) is 3. The fraction of sp³-hybridized carbons (Fsp3) is 0.458. The van der Waals surface area contributed by atoms with Crippen LogP contribution in [-0.4, -0.2) is 36.4 Å². The molecule has 1 saturated heterocycles. The minimum absolute atomic E-state index is 0.101. The zero-order valence-corrected chi connectivity index (χ0v) is 19.1.